The van der Waals surface area contributed by atoms with Crippen LogP contribution in [0.25, 0.3) is 0 Å². The van der Waals surface area contributed by atoms with Crippen LogP contribution in [-0.2, 0) is 0 Å². The van der Waals surface area contributed by atoms with Crippen LogP contribution in [0, 0.1) is 0 Å². The van der Waals surface area contributed by atoms with Gasteiger partial charge >= 0.3 is 58.4 Å². The van der Waals surface area contributed by atoms with E-state index in [0.29, 0.717) is 6.54 Å². The molecule has 0 atom stereocenters. The van der Waals surface area contributed by atoms with E-state index in [2.05, 4.69) is 0 Å². The third kappa shape index (κ3) is 6.50. The first-order valence-corrected chi connectivity index (χ1v) is 5.50. The van der Waals surface area contributed by atoms with Gasteiger partial charge in [-0.25, -0.2) is 0 Å². The Morgan fingerprint density at radius 1 is 1.21 bits per heavy atom. The number of ether oxygens (including phenoxy) is 2. The SMILES string of the molecule is COc1ccc(OCCN(C)C)c([B-](F)(F)F)c1.[K+]. The summed E-state index contributed by atoms with van der Waals surface area (Å²) in [6.07, 6.45) is 0. The second kappa shape index (κ2) is 8.53. The minimum absolute atomic E-state index is 0. The van der Waals surface area contributed by atoms with E-state index in [4.69, 9.17) is 9.47 Å². The van der Waals surface area contributed by atoms with Crippen molar-refractivity contribution in [1.82, 2.24) is 4.90 Å². The van der Waals surface area contributed by atoms with Gasteiger partial charge in [-0.2, -0.15) is 0 Å². The van der Waals surface area contributed by atoms with Crippen LogP contribution in [0.3, 0.4) is 0 Å². The molecule has 0 amide bonds. The van der Waals surface area contributed by atoms with Gasteiger partial charge in [-0.15, -0.1) is 0 Å². The van der Waals surface area contributed by atoms with Crippen LogP contribution in [0.15, 0.2) is 18.2 Å². The summed E-state index contributed by atoms with van der Waals surface area (Å²) in [7, 11) is 4.98. The predicted octanol–water partition coefficient (Wildman–Crippen LogP) is -1.31. The number of rotatable bonds is 6. The molecule has 0 heterocycles. The normalized spacial score (nSPS) is 11.1. The Bertz CT molecular complexity index is 402. The zero-order chi connectivity index (χ0) is 13.8. The summed E-state index contributed by atoms with van der Waals surface area (Å²) in [6, 6.07) is 3.71. The van der Waals surface area contributed by atoms with Gasteiger partial charge in [0.25, 0.3) is 0 Å². The quantitative estimate of drug-likeness (QED) is 0.609. The molecule has 3 nitrogen and oxygen atoms in total. The second-order valence-electron chi connectivity index (χ2n) is 4.13. The fourth-order valence-corrected chi connectivity index (χ4v) is 1.38. The molecule has 0 saturated carbocycles. The van der Waals surface area contributed by atoms with E-state index in [1.54, 1.807) is 0 Å². The van der Waals surface area contributed by atoms with E-state index >= 15 is 0 Å². The fraction of sp³-hybridized carbons (Fsp3) is 0.455. The van der Waals surface area contributed by atoms with Gasteiger partial charge in [0, 0.05) is 6.54 Å². The minimum Gasteiger partial charge on any atom is -0.497 e. The van der Waals surface area contributed by atoms with E-state index in [9.17, 15) is 12.9 Å². The first-order chi connectivity index (χ1) is 8.34. The van der Waals surface area contributed by atoms with Gasteiger partial charge in [0.2, 0.25) is 0 Å². The molecule has 1 aromatic carbocycles. The first kappa shape index (κ1) is 19.3. The summed E-state index contributed by atoms with van der Waals surface area (Å²) in [5.41, 5.74) is -0.756. The van der Waals surface area contributed by atoms with Gasteiger partial charge < -0.3 is 27.3 Å². The average molecular weight is 301 g/mol. The Balaban J connectivity index is 0.00000324. The Kier molecular flexibility index (Phi) is 8.66. The fourth-order valence-electron chi connectivity index (χ4n) is 1.38. The number of halogens is 3. The number of benzene rings is 1. The smallest absolute Gasteiger partial charge is 0.497 e. The Morgan fingerprint density at radius 3 is 2.32 bits per heavy atom. The molecular weight excluding hydrogens is 285 g/mol. The number of hydrogen-bond acceptors (Lipinski definition) is 3. The maximum atomic E-state index is 12.9. The molecule has 1 rings (SSSR count). The Hall–Kier alpha value is 0.271. The van der Waals surface area contributed by atoms with Crippen LogP contribution in [-0.4, -0.2) is 46.2 Å². The standard InChI is InChI=1S/C11H16BF3NO2.K/c1-16(2)6-7-18-11-5-4-9(17-3)8-10(11)12(13,14)15;/h4-5,8H,6-7H2,1-3H3;/q-1;+1. The van der Waals surface area contributed by atoms with Crippen LogP contribution < -0.4 is 66.3 Å². The van der Waals surface area contributed by atoms with Crippen molar-refractivity contribution < 1.29 is 73.8 Å². The van der Waals surface area contributed by atoms with E-state index < -0.39 is 12.4 Å². The van der Waals surface area contributed by atoms with Gasteiger partial charge in [0.05, 0.1) is 12.9 Å². The summed E-state index contributed by atoms with van der Waals surface area (Å²) in [6.45, 7) is -4.36. The van der Waals surface area contributed by atoms with Crippen LogP contribution >= 0.6 is 0 Å². The summed E-state index contributed by atoms with van der Waals surface area (Å²) in [4.78, 5) is 1.84. The van der Waals surface area contributed by atoms with Crippen molar-refractivity contribution in [3.63, 3.8) is 0 Å². The molecule has 1 aromatic rings. The predicted molar refractivity (Wildman–Crippen MR) is 65.8 cm³/mol. The molecule has 0 aliphatic heterocycles. The molecule has 0 aromatic heterocycles. The number of likely N-dealkylation sites (N-methyl/N-ethyl adjacent to an activating group) is 1. The Morgan fingerprint density at radius 2 is 1.84 bits per heavy atom. The van der Waals surface area contributed by atoms with Gasteiger partial charge in [-0.1, -0.05) is 5.46 Å². The van der Waals surface area contributed by atoms with Gasteiger partial charge in [0.1, 0.15) is 12.4 Å². The molecular formula is C11H16BF3KNO2. The van der Waals surface area contributed by atoms with E-state index in [1.165, 1.54) is 19.2 Å². The molecule has 0 fully saturated rings. The first-order valence-electron chi connectivity index (χ1n) is 5.50. The molecule has 0 N–H and O–H groups in total. The maximum absolute atomic E-state index is 12.9. The van der Waals surface area contributed by atoms with Crippen molar-refractivity contribution >= 4 is 12.4 Å². The van der Waals surface area contributed by atoms with Crippen molar-refractivity contribution in [1.29, 1.82) is 0 Å². The zero-order valence-electron chi connectivity index (χ0n) is 11.6. The van der Waals surface area contributed by atoms with E-state index in [1.807, 2.05) is 19.0 Å². The molecule has 102 valence electrons. The third-order valence-corrected chi connectivity index (χ3v) is 2.37. The van der Waals surface area contributed by atoms with Crippen molar-refractivity contribution in [3.8, 4) is 11.5 Å². The monoisotopic (exact) mass is 301 g/mol. The molecule has 0 aliphatic carbocycles. The molecule has 0 spiro atoms. The van der Waals surface area contributed by atoms with Crippen LogP contribution in [0.1, 0.15) is 0 Å². The number of hydrogen-bond donors (Lipinski definition) is 0. The summed E-state index contributed by atoms with van der Waals surface area (Å²) in [5.74, 6) is 0.0225. The van der Waals surface area contributed by atoms with Crippen LogP contribution in [0.5, 0.6) is 11.5 Å². The third-order valence-electron chi connectivity index (χ3n) is 2.37. The molecule has 0 saturated heterocycles. The molecule has 0 unspecified atom stereocenters. The average Bonchev–Trinajstić information content (AvgIpc) is 2.27. The van der Waals surface area contributed by atoms with Crippen molar-refractivity contribution in [2.75, 3.05) is 34.4 Å². The van der Waals surface area contributed by atoms with E-state index in [-0.39, 0.29) is 69.5 Å². The molecule has 0 radical (unpaired) electrons. The zero-order valence-corrected chi connectivity index (χ0v) is 14.7. The Labute approximate surface area is 153 Å². The van der Waals surface area contributed by atoms with Gasteiger partial charge in [0.15, 0.2) is 0 Å². The van der Waals surface area contributed by atoms with Crippen LogP contribution in [0.2, 0.25) is 0 Å². The largest absolute Gasteiger partial charge is 1.00 e. The molecule has 19 heavy (non-hydrogen) atoms. The van der Waals surface area contributed by atoms with Gasteiger partial charge in [-0.05, 0) is 32.3 Å². The molecule has 0 aliphatic rings. The summed E-state index contributed by atoms with van der Waals surface area (Å²) < 4.78 is 48.6. The minimum atomic E-state index is -5.12. The molecule has 8 heteroatoms. The summed E-state index contributed by atoms with van der Waals surface area (Å²) >= 11 is 0. The number of methoxy groups -OCH3 is 1. The van der Waals surface area contributed by atoms with Gasteiger partial charge in [-0.3, -0.25) is 0 Å². The summed E-state index contributed by atoms with van der Waals surface area (Å²) in [5, 5.41) is 0. The van der Waals surface area contributed by atoms with Crippen LogP contribution in [0.4, 0.5) is 12.9 Å². The van der Waals surface area contributed by atoms with Crippen molar-refractivity contribution in [3.05, 3.63) is 18.2 Å². The molecule has 0 bridgehead atoms. The van der Waals surface area contributed by atoms with E-state index in [0.717, 1.165) is 6.07 Å². The second-order valence-corrected chi connectivity index (χ2v) is 4.13. The maximum Gasteiger partial charge on any atom is 1.00 e. The topological polar surface area (TPSA) is 21.7 Å². The number of nitrogens with zero attached hydrogens (tertiary/aromatic N) is 1. The van der Waals surface area contributed by atoms with Crippen molar-refractivity contribution in [2.45, 2.75) is 0 Å². The van der Waals surface area contributed by atoms with Crippen molar-refractivity contribution in [2.24, 2.45) is 0 Å².